The van der Waals surface area contributed by atoms with E-state index in [2.05, 4.69) is 14.7 Å². The first-order valence-corrected chi connectivity index (χ1v) is 14.4. The molecule has 0 bridgehead atoms. The quantitative estimate of drug-likeness (QED) is 0.119. The second-order valence-corrected chi connectivity index (χ2v) is 10.7. The second-order valence-electron chi connectivity index (χ2n) is 10.3. The molecule has 45 heavy (non-hydrogen) atoms. The Labute approximate surface area is 259 Å². The summed E-state index contributed by atoms with van der Waals surface area (Å²) < 4.78 is 110. The van der Waals surface area contributed by atoms with Crippen LogP contribution in [-0.2, 0) is 20.3 Å². The Morgan fingerprint density at radius 2 is 1.51 bits per heavy atom. The summed E-state index contributed by atoms with van der Waals surface area (Å²) >= 11 is 6.09. The zero-order chi connectivity index (χ0) is 32.1. The van der Waals surface area contributed by atoms with Crippen LogP contribution in [0, 0.1) is 29.2 Å². The van der Waals surface area contributed by atoms with E-state index in [-0.39, 0.29) is 33.5 Å². The van der Waals surface area contributed by atoms with Crippen LogP contribution >= 0.6 is 11.6 Å². The van der Waals surface area contributed by atoms with E-state index in [4.69, 9.17) is 25.8 Å². The lowest BCUT2D eigenvalue weighted by Crippen LogP contribution is -2.28. The molecule has 13 heteroatoms. The predicted octanol–water partition coefficient (Wildman–Crippen LogP) is 8.63. The molecule has 1 fully saturated rings. The number of halogens is 7. The van der Waals surface area contributed by atoms with Gasteiger partial charge < -0.3 is 18.9 Å². The zero-order valence-electron chi connectivity index (χ0n) is 23.8. The number of benzene rings is 3. The molecule has 0 saturated carbocycles. The first-order chi connectivity index (χ1) is 21.6. The van der Waals surface area contributed by atoms with Gasteiger partial charge in [0.25, 0.3) is 0 Å². The Kier molecular flexibility index (Phi) is 10.3. The van der Waals surface area contributed by atoms with Crippen LogP contribution in [0.25, 0.3) is 22.5 Å². The molecule has 1 aliphatic heterocycles. The first-order valence-electron chi connectivity index (χ1n) is 14.0. The van der Waals surface area contributed by atoms with Crippen LogP contribution in [0.3, 0.4) is 0 Å². The maximum atomic E-state index is 15.0. The molecule has 238 valence electrons. The number of hydrogen-bond donors (Lipinski definition) is 0. The molecule has 0 amide bonds. The Balaban J connectivity index is 1.27. The minimum atomic E-state index is -4.57. The van der Waals surface area contributed by atoms with Crippen LogP contribution in [-0.4, -0.2) is 36.4 Å². The maximum absolute atomic E-state index is 15.0. The zero-order valence-corrected chi connectivity index (χ0v) is 24.6. The van der Waals surface area contributed by atoms with Gasteiger partial charge in [0.05, 0.1) is 18.2 Å². The molecule has 0 unspecified atom stereocenters. The monoisotopic (exact) mass is 652 g/mol. The Bertz CT molecular complexity index is 1570. The van der Waals surface area contributed by atoms with E-state index in [1.54, 1.807) is 0 Å². The molecule has 0 spiro atoms. The van der Waals surface area contributed by atoms with E-state index in [0.717, 1.165) is 31.0 Å². The summed E-state index contributed by atoms with van der Waals surface area (Å²) in [6.45, 7) is 4.21. The molecule has 2 heterocycles. The van der Waals surface area contributed by atoms with Gasteiger partial charge in [-0.1, -0.05) is 30.7 Å². The van der Waals surface area contributed by atoms with E-state index < -0.39 is 47.0 Å². The third-order valence-corrected chi connectivity index (χ3v) is 7.21. The Morgan fingerprint density at radius 3 is 2.11 bits per heavy atom. The topological polar surface area (TPSA) is 62.7 Å². The lowest BCUT2D eigenvalue weighted by atomic mass is 10.0. The van der Waals surface area contributed by atoms with E-state index in [1.807, 2.05) is 6.92 Å². The fourth-order valence-corrected chi connectivity index (χ4v) is 4.99. The van der Waals surface area contributed by atoms with Crippen molar-refractivity contribution in [3.63, 3.8) is 0 Å². The van der Waals surface area contributed by atoms with Crippen molar-refractivity contribution in [1.29, 1.82) is 0 Å². The van der Waals surface area contributed by atoms with Crippen molar-refractivity contribution in [2.24, 2.45) is 5.92 Å². The number of alkyl halides is 2. The molecule has 0 aliphatic carbocycles. The maximum Gasteiger partial charge on any atom is 0.432 e. The molecular formula is C32H27ClF6N2O4. The van der Waals surface area contributed by atoms with E-state index >= 15 is 8.78 Å². The smallest absolute Gasteiger partial charge is 0.429 e. The van der Waals surface area contributed by atoms with Gasteiger partial charge in [0.15, 0.2) is 12.1 Å². The van der Waals surface area contributed by atoms with Gasteiger partial charge in [-0.25, -0.2) is 27.5 Å². The lowest BCUT2D eigenvalue weighted by molar-refractivity contribution is -0.207. The van der Waals surface area contributed by atoms with E-state index in [0.29, 0.717) is 50.2 Å². The van der Waals surface area contributed by atoms with Crippen molar-refractivity contribution < 1.29 is 45.3 Å². The molecule has 4 aromatic rings. The molecule has 0 N–H and O–H groups in total. The second kappa shape index (κ2) is 14.2. The highest BCUT2D eigenvalue weighted by Gasteiger charge is 2.41. The van der Waals surface area contributed by atoms with Crippen LogP contribution in [0.1, 0.15) is 37.2 Å². The van der Waals surface area contributed by atoms with Crippen LogP contribution in [0.2, 0.25) is 5.02 Å². The predicted molar refractivity (Wildman–Crippen MR) is 153 cm³/mol. The van der Waals surface area contributed by atoms with Gasteiger partial charge in [-0.3, -0.25) is 0 Å². The average molecular weight is 653 g/mol. The standard InChI is InChI=1S/C32H27ClF6N2O4/c1-2-8-42-9-7-18-16-43-31(44-17-18)21-14-40-30(41-15-21)20-10-26(36)29(27(37)11-20)32(38,39)45-23-12-24(33)28(25(35)13-23)19-3-5-22(34)6-4-19/h3-6,10-15,18,31H,2,7-9,16-17H2,1H3. The van der Waals surface area contributed by atoms with Crippen molar-refractivity contribution >= 4 is 11.6 Å². The summed E-state index contributed by atoms with van der Waals surface area (Å²) in [6, 6.07) is 7.34. The van der Waals surface area contributed by atoms with Crippen LogP contribution in [0.5, 0.6) is 5.75 Å². The number of rotatable bonds is 11. The largest absolute Gasteiger partial charge is 0.432 e. The number of ether oxygens (including phenoxy) is 4. The first kappa shape index (κ1) is 32.7. The van der Waals surface area contributed by atoms with Crippen molar-refractivity contribution in [1.82, 2.24) is 9.97 Å². The minimum Gasteiger partial charge on any atom is -0.429 e. The lowest BCUT2D eigenvalue weighted by Gasteiger charge is -2.29. The highest BCUT2D eigenvalue weighted by Crippen LogP contribution is 2.40. The van der Waals surface area contributed by atoms with E-state index in [1.165, 1.54) is 24.5 Å². The van der Waals surface area contributed by atoms with Crippen LogP contribution in [0.15, 0.2) is 60.9 Å². The summed E-state index contributed by atoms with van der Waals surface area (Å²) in [5, 5.41) is -0.342. The van der Waals surface area contributed by atoms with Gasteiger partial charge in [-0.2, -0.15) is 8.78 Å². The normalized spacial score (nSPS) is 17.0. The third-order valence-electron chi connectivity index (χ3n) is 6.92. The highest BCUT2D eigenvalue weighted by atomic mass is 35.5. The van der Waals surface area contributed by atoms with Gasteiger partial charge in [0.1, 0.15) is 34.6 Å². The van der Waals surface area contributed by atoms with Crippen molar-refractivity contribution in [3.8, 4) is 28.3 Å². The minimum absolute atomic E-state index is 0.140. The summed E-state index contributed by atoms with van der Waals surface area (Å²) in [7, 11) is 0. The van der Waals surface area contributed by atoms with Gasteiger partial charge in [0, 0.05) is 54.3 Å². The van der Waals surface area contributed by atoms with Gasteiger partial charge in [-0.15, -0.1) is 0 Å². The van der Waals surface area contributed by atoms with Crippen molar-refractivity contribution in [2.75, 3.05) is 26.4 Å². The molecule has 1 aliphatic rings. The van der Waals surface area contributed by atoms with Crippen LogP contribution < -0.4 is 4.74 Å². The molecule has 1 saturated heterocycles. The summed E-state index contributed by atoms with van der Waals surface area (Å²) in [5.74, 6) is -5.71. The molecule has 1 aromatic heterocycles. The Morgan fingerprint density at radius 1 is 0.867 bits per heavy atom. The summed E-state index contributed by atoms with van der Waals surface area (Å²) in [4.78, 5) is 8.18. The molecule has 0 radical (unpaired) electrons. The van der Waals surface area contributed by atoms with Crippen molar-refractivity contribution in [3.05, 3.63) is 100 Å². The summed E-state index contributed by atoms with van der Waals surface area (Å²) in [5.41, 5.74) is -1.48. The fourth-order valence-electron chi connectivity index (χ4n) is 4.69. The molecule has 5 rings (SSSR count). The average Bonchev–Trinajstić information content (AvgIpc) is 2.99. The van der Waals surface area contributed by atoms with E-state index in [9.17, 15) is 17.6 Å². The third kappa shape index (κ3) is 7.75. The molecule has 0 atom stereocenters. The van der Waals surface area contributed by atoms with Crippen LogP contribution in [0.4, 0.5) is 26.3 Å². The molecule has 3 aromatic carbocycles. The van der Waals surface area contributed by atoms with Gasteiger partial charge in [-0.05, 0) is 48.7 Å². The van der Waals surface area contributed by atoms with Crippen molar-refractivity contribution in [2.45, 2.75) is 32.2 Å². The molecular weight excluding hydrogens is 626 g/mol. The number of aromatic nitrogens is 2. The summed E-state index contributed by atoms with van der Waals surface area (Å²) in [6.07, 6.45) is -0.870. The highest BCUT2D eigenvalue weighted by molar-refractivity contribution is 6.33. The van der Waals surface area contributed by atoms with Gasteiger partial charge >= 0.3 is 6.11 Å². The fraction of sp³-hybridized carbons (Fsp3) is 0.312. The Hall–Kier alpha value is -3.71. The number of hydrogen-bond acceptors (Lipinski definition) is 6. The SMILES string of the molecule is CCCOCCC1COC(c2cnc(-c3cc(F)c(C(F)(F)Oc4cc(F)c(-c5ccc(F)cc5)c(Cl)c4)c(F)c3)nc2)OC1. The molecule has 6 nitrogen and oxygen atoms in total. The van der Waals surface area contributed by atoms with Gasteiger partial charge in [0.2, 0.25) is 0 Å². The number of nitrogens with zero attached hydrogens (tertiary/aromatic N) is 2.